The molecule has 1 amide bonds. The summed E-state index contributed by atoms with van der Waals surface area (Å²) in [4.78, 5) is 11.9. The fourth-order valence-corrected chi connectivity index (χ4v) is 2.27. The zero-order chi connectivity index (χ0) is 11.7. The highest BCUT2D eigenvalue weighted by molar-refractivity contribution is 5.94. The lowest BCUT2D eigenvalue weighted by Crippen LogP contribution is -2.30. The van der Waals surface area contributed by atoms with Gasteiger partial charge in [0.15, 0.2) is 0 Å². The van der Waals surface area contributed by atoms with Crippen LogP contribution in [0.2, 0.25) is 0 Å². The fourth-order valence-electron chi connectivity index (χ4n) is 2.27. The molecule has 0 saturated heterocycles. The molecule has 2 aromatic rings. The van der Waals surface area contributed by atoms with E-state index in [4.69, 9.17) is 8.83 Å². The van der Waals surface area contributed by atoms with E-state index >= 15 is 0 Å². The lowest BCUT2D eigenvalue weighted by molar-refractivity contribution is 0.0931. The average molecular weight is 231 g/mol. The Morgan fingerprint density at radius 3 is 3.12 bits per heavy atom. The van der Waals surface area contributed by atoms with Gasteiger partial charge in [0, 0.05) is 12.0 Å². The zero-order valence-corrected chi connectivity index (χ0v) is 9.31. The van der Waals surface area contributed by atoms with Crippen LogP contribution in [0.5, 0.6) is 0 Å². The van der Waals surface area contributed by atoms with Gasteiger partial charge < -0.3 is 14.2 Å². The van der Waals surface area contributed by atoms with Gasteiger partial charge in [0.25, 0.3) is 5.91 Å². The largest absolute Gasteiger partial charge is 0.472 e. The van der Waals surface area contributed by atoms with E-state index in [2.05, 4.69) is 5.32 Å². The van der Waals surface area contributed by atoms with Crippen LogP contribution in [0.15, 0.2) is 39.8 Å². The minimum absolute atomic E-state index is 0.0555. The van der Waals surface area contributed by atoms with Gasteiger partial charge in [0.1, 0.15) is 12.0 Å². The predicted molar refractivity (Wildman–Crippen MR) is 60.6 cm³/mol. The van der Waals surface area contributed by atoms with Crippen LogP contribution in [0.4, 0.5) is 0 Å². The highest BCUT2D eigenvalue weighted by atomic mass is 16.3. The SMILES string of the molecule is O=C(N[C@@H]1CCCc2occc21)c1ccoc1. The number of fused-ring (bicyclic) bond motifs is 1. The Bertz CT molecular complexity index is 513. The van der Waals surface area contributed by atoms with Crippen LogP contribution in [-0.4, -0.2) is 5.91 Å². The molecule has 0 saturated carbocycles. The Morgan fingerprint density at radius 2 is 2.29 bits per heavy atom. The number of amides is 1. The van der Waals surface area contributed by atoms with Gasteiger partial charge in [0.2, 0.25) is 0 Å². The summed E-state index contributed by atoms with van der Waals surface area (Å²) in [6.45, 7) is 0. The summed E-state index contributed by atoms with van der Waals surface area (Å²) in [5.41, 5.74) is 1.66. The molecular formula is C13H13NO3. The van der Waals surface area contributed by atoms with Gasteiger partial charge in [-0.25, -0.2) is 0 Å². The lowest BCUT2D eigenvalue weighted by Gasteiger charge is -2.22. The molecule has 4 heteroatoms. The quantitative estimate of drug-likeness (QED) is 0.864. The Hall–Kier alpha value is -1.97. The maximum Gasteiger partial charge on any atom is 0.255 e. The van der Waals surface area contributed by atoms with Crippen LogP contribution in [-0.2, 0) is 6.42 Å². The monoisotopic (exact) mass is 231 g/mol. The minimum Gasteiger partial charge on any atom is -0.472 e. The summed E-state index contributed by atoms with van der Waals surface area (Å²) < 4.78 is 10.3. The average Bonchev–Trinajstić information content (AvgIpc) is 3.00. The van der Waals surface area contributed by atoms with Crippen molar-refractivity contribution in [2.24, 2.45) is 0 Å². The van der Waals surface area contributed by atoms with E-state index in [9.17, 15) is 4.79 Å². The van der Waals surface area contributed by atoms with Gasteiger partial charge in [-0.1, -0.05) is 0 Å². The molecule has 1 N–H and O–H groups in total. The number of rotatable bonds is 2. The minimum atomic E-state index is -0.0993. The van der Waals surface area contributed by atoms with Crippen molar-refractivity contribution in [3.63, 3.8) is 0 Å². The molecule has 2 aromatic heterocycles. The number of nitrogens with one attached hydrogen (secondary N) is 1. The summed E-state index contributed by atoms with van der Waals surface area (Å²) in [6, 6.07) is 3.66. The first-order chi connectivity index (χ1) is 8.34. The molecule has 0 spiro atoms. The number of hydrogen-bond donors (Lipinski definition) is 1. The second kappa shape index (κ2) is 4.13. The van der Waals surface area contributed by atoms with Crippen molar-refractivity contribution in [1.29, 1.82) is 0 Å². The van der Waals surface area contributed by atoms with Crippen LogP contribution in [0, 0.1) is 0 Å². The van der Waals surface area contributed by atoms with Crippen LogP contribution >= 0.6 is 0 Å². The smallest absolute Gasteiger partial charge is 0.255 e. The van der Waals surface area contributed by atoms with Gasteiger partial charge in [-0.15, -0.1) is 0 Å². The highest BCUT2D eigenvalue weighted by Crippen LogP contribution is 2.30. The molecule has 0 aliphatic heterocycles. The second-order valence-electron chi connectivity index (χ2n) is 4.23. The third kappa shape index (κ3) is 1.86. The maximum atomic E-state index is 11.9. The van der Waals surface area contributed by atoms with Crippen molar-refractivity contribution in [3.8, 4) is 0 Å². The molecule has 3 rings (SSSR count). The zero-order valence-electron chi connectivity index (χ0n) is 9.31. The first kappa shape index (κ1) is 10.2. The first-order valence-corrected chi connectivity index (χ1v) is 5.74. The number of aryl methyl sites for hydroxylation is 1. The number of carbonyl (C=O) groups excluding carboxylic acids is 1. The number of hydrogen-bond acceptors (Lipinski definition) is 3. The van der Waals surface area contributed by atoms with Crippen LogP contribution in [0.25, 0.3) is 0 Å². The normalized spacial score (nSPS) is 18.7. The summed E-state index contributed by atoms with van der Waals surface area (Å²) >= 11 is 0. The van der Waals surface area contributed by atoms with Crippen LogP contribution in [0.3, 0.4) is 0 Å². The molecule has 1 atom stereocenters. The van der Waals surface area contributed by atoms with Crippen molar-refractivity contribution in [2.75, 3.05) is 0 Å². The number of carbonyl (C=O) groups is 1. The van der Waals surface area contributed by atoms with E-state index in [1.807, 2.05) is 6.07 Å². The topological polar surface area (TPSA) is 55.4 Å². The molecule has 2 heterocycles. The van der Waals surface area contributed by atoms with Crippen molar-refractivity contribution in [2.45, 2.75) is 25.3 Å². The van der Waals surface area contributed by atoms with Gasteiger partial charge in [-0.2, -0.15) is 0 Å². The van der Waals surface area contributed by atoms with Crippen molar-refractivity contribution >= 4 is 5.91 Å². The Labute approximate surface area is 98.6 Å². The molecule has 17 heavy (non-hydrogen) atoms. The van der Waals surface area contributed by atoms with Crippen LogP contribution < -0.4 is 5.32 Å². The molecule has 0 radical (unpaired) electrons. The van der Waals surface area contributed by atoms with Gasteiger partial charge in [-0.05, 0) is 25.0 Å². The van der Waals surface area contributed by atoms with Gasteiger partial charge in [-0.3, -0.25) is 4.79 Å². The lowest BCUT2D eigenvalue weighted by atomic mass is 9.93. The predicted octanol–water partition coefficient (Wildman–Crippen LogP) is 2.68. The molecule has 0 fully saturated rings. The molecule has 4 nitrogen and oxygen atoms in total. The fraction of sp³-hybridized carbons (Fsp3) is 0.308. The van der Waals surface area contributed by atoms with E-state index in [0.717, 1.165) is 30.6 Å². The third-order valence-electron chi connectivity index (χ3n) is 3.14. The van der Waals surface area contributed by atoms with Gasteiger partial charge >= 0.3 is 0 Å². The second-order valence-corrected chi connectivity index (χ2v) is 4.23. The van der Waals surface area contributed by atoms with Crippen LogP contribution in [0.1, 0.15) is 40.6 Å². The van der Waals surface area contributed by atoms with Gasteiger partial charge in [0.05, 0.1) is 24.1 Å². The molecule has 88 valence electrons. The Morgan fingerprint density at radius 1 is 1.35 bits per heavy atom. The number of furan rings is 2. The van der Waals surface area contributed by atoms with E-state index in [1.54, 1.807) is 12.3 Å². The standard InChI is InChI=1S/C13H13NO3/c15-13(9-4-6-16-8-9)14-11-2-1-3-12-10(11)5-7-17-12/h4-8,11H,1-3H2,(H,14,15)/t11-/m1/s1. The molecule has 1 aliphatic rings. The van der Waals surface area contributed by atoms with E-state index < -0.39 is 0 Å². The molecular weight excluding hydrogens is 218 g/mol. The Kier molecular flexibility index (Phi) is 2.48. The van der Waals surface area contributed by atoms with E-state index in [-0.39, 0.29) is 11.9 Å². The van der Waals surface area contributed by atoms with E-state index in [0.29, 0.717) is 5.56 Å². The first-order valence-electron chi connectivity index (χ1n) is 5.74. The summed E-state index contributed by atoms with van der Waals surface area (Å²) in [5.74, 6) is 0.895. The molecule has 0 aromatic carbocycles. The summed E-state index contributed by atoms with van der Waals surface area (Å²) in [7, 11) is 0. The van der Waals surface area contributed by atoms with Crippen molar-refractivity contribution < 1.29 is 13.6 Å². The molecule has 0 bridgehead atoms. The molecule has 0 unspecified atom stereocenters. The summed E-state index contributed by atoms with van der Waals surface area (Å²) in [6.07, 6.45) is 7.59. The van der Waals surface area contributed by atoms with Crippen molar-refractivity contribution in [3.05, 3.63) is 47.8 Å². The Balaban J connectivity index is 1.77. The summed E-state index contributed by atoms with van der Waals surface area (Å²) in [5, 5.41) is 3.00. The van der Waals surface area contributed by atoms with E-state index in [1.165, 1.54) is 12.5 Å². The van der Waals surface area contributed by atoms with Crippen molar-refractivity contribution in [1.82, 2.24) is 5.32 Å². The molecule has 1 aliphatic carbocycles. The highest BCUT2D eigenvalue weighted by Gasteiger charge is 2.24. The maximum absolute atomic E-state index is 11.9. The third-order valence-corrected chi connectivity index (χ3v) is 3.14.